The number of carboxylic acid groups (broad SMARTS) is 1. The van der Waals surface area contributed by atoms with Gasteiger partial charge in [0.05, 0.1) is 34.6 Å². The molecule has 0 aliphatic heterocycles. The number of nitrogens with zero attached hydrogens (tertiary/aromatic N) is 4. The number of rotatable bonds is 12. The van der Waals surface area contributed by atoms with Crippen molar-refractivity contribution in [3.8, 4) is 56.8 Å². The molecule has 6 aromatic rings. The maximum atomic E-state index is 12.7. The second kappa shape index (κ2) is 18.1. The van der Waals surface area contributed by atoms with Crippen molar-refractivity contribution < 1.29 is 55.2 Å². The number of benzene rings is 2. The van der Waals surface area contributed by atoms with Crippen molar-refractivity contribution in [2.75, 3.05) is 13.2 Å². The number of aromatic nitrogens is 6. The van der Waals surface area contributed by atoms with E-state index in [0.29, 0.717) is 34.0 Å². The highest BCUT2D eigenvalue weighted by Crippen LogP contribution is 2.32. The number of aliphatic carboxylic acids is 1. The number of H-pyrrole nitrogens is 2. The molecule has 0 bridgehead atoms. The molecule has 0 spiro atoms. The van der Waals surface area contributed by atoms with E-state index in [-0.39, 0.29) is 30.8 Å². The number of hydrogen-bond donors (Lipinski definition) is 3. The van der Waals surface area contributed by atoms with Gasteiger partial charge in [0.15, 0.2) is 0 Å². The molecular weight excluding hydrogens is 823 g/mol. The molecule has 3 N–H and O–H groups in total. The molecule has 0 atom stereocenters. The van der Waals surface area contributed by atoms with E-state index in [1.54, 1.807) is 88.4 Å². The number of nitrogens with one attached hydrogen (secondary N) is 2. The molecule has 0 aliphatic rings. The Labute approximate surface area is 352 Å². The Bertz CT molecular complexity index is 2440. The van der Waals surface area contributed by atoms with Gasteiger partial charge in [0, 0.05) is 34.6 Å². The smallest absolute Gasteiger partial charge is 0.432 e. The summed E-state index contributed by atoms with van der Waals surface area (Å²) in [5.74, 6) is 0.00302. The summed E-state index contributed by atoms with van der Waals surface area (Å²) in [6, 6.07) is 20.7. The lowest BCUT2D eigenvalue weighted by molar-refractivity contribution is -0.167. The Balaban J connectivity index is 0.000000236. The highest BCUT2D eigenvalue weighted by Gasteiger charge is 2.35. The van der Waals surface area contributed by atoms with E-state index in [2.05, 4.69) is 29.9 Å². The molecule has 4 heterocycles. The Morgan fingerprint density at radius 1 is 0.532 bits per heavy atom. The SMILES string of the molecule is CC(C)(C)OC(=O)C(C)(C)COc1ccc(-c2ccc(-c3ncc(C(F)(F)F)[nH]3)cn2)cc1.CC(C)(COc1ccc(-c2ccc(-c3ncc(C(F)(F)F)[nH]3)cn2)cc1)C(=O)O. The minimum atomic E-state index is -4.48. The molecule has 0 radical (unpaired) electrons. The molecule has 6 rings (SSSR count). The van der Waals surface area contributed by atoms with Crippen LogP contribution in [0.25, 0.3) is 45.3 Å². The number of carboxylic acids is 1. The van der Waals surface area contributed by atoms with E-state index in [9.17, 15) is 35.9 Å². The molecule has 18 heteroatoms. The van der Waals surface area contributed by atoms with Crippen LogP contribution in [-0.2, 0) is 26.7 Å². The van der Waals surface area contributed by atoms with Gasteiger partial charge in [-0.05, 0) is 121 Å². The number of halogens is 6. The summed E-state index contributed by atoms with van der Waals surface area (Å²) in [5, 5.41) is 9.11. The van der Waals surface area contributed by atoms with E-state index in [1.165, 1.54) is 12.4 Å². The summed E-state index contributed by atoms with van der Waals surface area (Å²) in [7, 11) is 0. The van der Waals surface area contributed by atoms with Crippen LogP contribution in [0.5, 0.6) is 11.5 Å². The van der Waals surface area contributed by atoms with Gasteiger partial charge < -0.3 is 29.3 Å². The number of pyridine rings is 2. The quantitative estimate of drug-likeness (QED) is 0.0796. The number of carbonyl (C=O) groups excluding carboxylic acids is 1. The molecule has 0 aliphatic carbocycles. The number of esters is 1. The van der Waals surface area contributed by atoms with Crippen LogP contribution in [0.3, 0.4) is 0 Å². The van der Waals surface area contributed by atoms with Gasteiger partial charge in [-0.1, -0.05) is 0 Å². The lowest BCUT2D eigenvalue weighted by Crippen LogP contribution is -2.37. The molecular formula is C44H44F6N6O6. The molecule has 0 fully saturated rings. The first kappa shape index (κ1) is 46.3. The Hall–Kier alpha value is -6.72. The van der Waals surface area contributed by atoms with Crippen molar-refractivity contribution in [3.05, 3.63) is 109 Å². The van der Waals surface area contributed by atoms with Gasteiger partial charge in [-0.2, -0.15) is 26.3 Å². The standard InChI is InChI=1S/C24H26F3N3O3.C20H18F3N3O3/c1-22(2,3)33-21(31)23(4,5)14-32-17-9-6-15(7-10-17)18-11-8-16(12-28-18)20-29-13-19(30-20)24(25,26)27;1-19(2,18(27)28)11-29-14-6-3-12(4-7-14)15-8-5-13(9-24-15)17-25-10-16(26-17)20(21,22)23/h6-13H,14H2,1-5H3,(H,29,30);3-10H,11H2,1-2H3,(H,25,26)(H,27,28). The predicted molar refractivity (Wildman–Crippen MR) is 217 cm³/mol. The van der Waals surface area contributed by atoms with Crippen LogP contribution in [0.15, 0.2) is 97.6 Å². The van der Waals surface area contributed by atoms with E-state index in [4.69, 9.17) is 19.3 Å². The normalized spacial score (nSPS) is 12.3. The zero-order chi connectivity index (χ0) is 45.7. The maximum absolute atomic E-state index is 12.7. The predicted octanol–water partition coefficient (Wildman–Crippen LogP) is 10.6. The van der Waals surface area contributed by atoms with Crippen LogP contribution < -0.4 is 9.47 Å². The van der Waals surface area contributed by atoms with Gasteiger partial charge in [-0.3, -0.25) is 19.6 Å². The van der Waals surface area contributed by atoms with Crippen molar-refractivity contribution in [2.24, 2.45) is 10.8 Å². The van der Waals surface area contributed by atoms with Gasteiger partial charge in [-0.25, -0.2) is 9.97 Å². The van der Waals surface area contributed by atoms with Crippen LogP contribution >= 0.6 is 0 Å². The van der Waals surface area contributed by atoms with Crippen molar-refractivity contribution in [2.45, 2.75) is 66.4 Å². The zero-order valence-electron chi connectivity index (χ0n) is 34.7. The van der Waals surface area contributed by atoms with Crippen LogP contribution in [0.1, 0.15) is 59.9 Å². The van der Waals surface area contributed by atoms with Crippen LogP contribution in [0, 0.1) is 10.8 Å². The largest absolute Gasteiger partial charge is 0.492 e. The monoisotopic (exact) mass is 866 g/mol. The lowest BCUT2D eigenvalue weighted by Gasteiger charge is -2.28. The molecule has 12 nitrogen and oxygen atoms in total. The topological polar surface area (TPSA) is 165 Å². The highest BCUT2D eigenvalue weighted by atomic mass is 19.4. The summed E-state index contributed by atoms with van der Waals surface area (Å²) in [4.78, 5) is 44.1. The zero-order valence-corrected chi connectivity index (χ0v) is 34.7. The molecule has 0 amide bonds. The molecule has 0 saturated carbocycles. The van der Waals surface area contributed by atoms with Crippen LogP contribution in [0.4, 0.5) is 26.3 Å². The molecule has 2 aromatic carbocycles. The van der Waals surface area contributed by atoms with Gasteiger partial charge in [0.2, 0.25) is 0 Å². The number of hydrogen-bond acceptors (Lipinski definition) is 9. The van der Waals surface area contributed by atoms with Crippen LogP contribution in [-0.4, -0.2) is 65.8 Å². The Morgan fingerprint density at radius 3 is 1.21 bits per heavy atom. The third-order valence-electron chi connectivity index (χ3n) is 8.87. The van der Waals surface area contributed by atoms with Crippen molar-refractivity contribution in [1.29, 1.82) is 0 Å². The third kappa shape index (κ3) is 12.4. The second-order valence-electron chi connectivity index (χ2n) is 16.4. The fourth-order valence-electron chi connectivity index (χ4n) is 5.14. The van der Waals surface area contributed by atoms with E-state index in [0.717, 1.165) is 23.5 Å². The summed E-state index contributed by atoms with van der Waals surface area (Å²) in [5.41, 5.74) is -0.516. The van der Waals surface area contributed by atoms with E-state index < -0.39 is 46.1 Å². The number of alkyl halides is 6. The molecule has 0 unspecified atom stereocenters. The Kier molecular flexibility index (Phi) is 13.5. The third-order valence-corrected chi connectivity index (χ3v) is 8.87. The number of carbonyl (C=O) groups is 2. The number of aromatic amines is 2. The van der Waals surface area contributed by atoms with Gasteiger partial charge in [-0.15, -0.1) is 0 Å². The van der Waals surface area contributed by atoms with E-state index in [1.807, 2.05) is 32.9 Å². The van der Waals surface area contributed by atoms with Gasteiger partial charge >= 0.3 is 24.3 Å². The Morgan fingerprint density at radius 2 is 0.903 bits per heavy atom. The van der Waals surface area contributed by atoms with Crippen LogP contribution in [0.2, 0.25) is 0 Å². The number of ether oxygens (including phenoxy) is 3. The highest BCUT2D eigenvalue weighted by molar-refractivity contribution is 5.76. The second-order valence-corrected chi connectivity index (χ2v) is 16.4. The fourth-order valence-corrected chi connectivity index (χ4v) is 5.14. The molecule has 0 saturated heterocycles. The lowest BCUT2D eigenvalue weighted by atomic mass is 9.94. The first-order valence-corrected chi connectivity index (χ1v) is 18.9. The maximum Gasteiger partial charge on any atom is 0.432 e. The minimum absolute atomic E-state index is 0.0255. The average Bonchev–Trinajstić information content (AvgIpc) is 3.92. The summed E-state index contributed by atoms with van der Waals surface area (Å²) >= 11 is 0. The summed E-state index contributed by atoms with van der Waals surface area (Å²) in [6.07, 6.45) is -4.57. The average molecular weight is 867 g/mol. The first-order chi connectivity index (χ1) is 28.8. The van der Waals surface area contributed by atoms with Crippen molar-refractivity contribution >= 4 is 11.9 Å². The van der Waals surface area contributed by atoms with Gasteiger partial charge in [0.25, 0.3) is 0 Å². The summed E-state index contributed by atoms with van der Waals surface area (Å²) < 4.78 is 93.0. The van der Waals surface area contributed by atoms with E-state index >= 15 is 0 Å². The number of imidazole rings is 2. The molecule has 4 aromatic heterocycles. The minimum Gasteiger partial charge on any atom is -0.492 e. The summed E-state index contributed by atoms with van der Waals surface area (Å²) in [6.45, 7) is 12.3. The van der Waals surface area contributed by atoms with Gasteiger partial charge in [0.1, 0.15) is 53.4 Å². The first-order valence-electron chi connectivity index (χ1n) is 18.9. The fraction of sp³-hybridized carbons (Fsp3) is 0.318. The molecule has 62 heavy (non-hydrogen) atoms. The molecule has 328 valence electrons. The van der Waals surface area contributed by atoms with Crippen molar-refractivity contribution in [1.82, 2.24) is 29.9 Å². The van der Waals surface area contributed by atoms with Crippen molar-refractivity contribution in [3.63, 3.8) is 0 Å².